The molecule has 0 amide bonds. The fourth-order valence-corrected chi connectivity index (χ4v) is 1.01. The predicted octanol–water partition coefficient (Wildman–Crippen LogP) is 0.147. The molecule has 0 aliphatic carbocycles. The molecular weight excluding hydrogens is 196 g/mol. The van der Waals surface area contributed by atoms with Crippen molar-refractivity contribution in [3.63, 3.8) is 0 Å². The van der Waals surface area contributed by atoms with Crippen molar-refractivity contribution in [2.45, 2.75) is 25.8 Å². The third-order valence-electron chi connectivity index (χ3n) is 2.32. The van der Waals surface area contributed by atoms with E-state index >= 15 is 0 Å². The van der Waals surface area contributed by atoms with E-state index in [1.54, 1.807) is 0 Å². The third kappa shape index (κ3) is 6.43. The van der Waals surface area contributed by atoms with Gasteiger partial charge in [0.1, 0.15) is 5.54 Å². The minimum Gasteiger partial charge on any atom is -0.480 e. The van der Waals surface area contributed by atoms with E-state index < -0.39 is 11.5 Å². The molecule has 0 fully saturated rings. The quantitative estimate of drug-likeness (QED) is 0.567. The average Bonchev–Trinajstić information content (AvgIpc) is 2.15. The first-order chi connectivity index (χ1) is 6.90. The van der Waals surface area contributed by atoms with Gasteiger partial charge in [-0.25, -0.2) is 0 Å². The van der Waals surface area contributed by atoms with Crippen LogP contribution in [-0.2, 0) is 9.53 Å². The lowest BCUT2D eigenvalue weighted by Gasteiger charge is -2.23. The maximum absolute atomic E-state index is 10.7. The van der Waals surface area contributed by atoms with Gasteiger partial charge in [-0.05, 0) is 27.3 Å². The molecule has 0 aliphatic heterocycles. The smallest absolute Gasteiger partial charge is 0.323 e. The molecule has 0 aliphatic rings. The molecule has 15 heavy (non-hydrogen) atoms. The van der Waals surface area contributed by atoms with E-state index in [9.17, 15) is 4.79 Å². The van der Waals surface area contributed by atoms with E-state index in [-0.39, 0.29) is 0 Å². The Hall–Kier alpha value is -0.650. The Balaban J connectivity index is 3.70. The van der Waals surface area contributed by atoms with Crippen LogP contribution in [-0.4, -0.2) is 54.9 Å². The molecule has 0 saturated heterocycles. The fraction of sp³-hybridized carbons (Fsp3) is 0.900. The first-order valence-corrected chi connectivity index (χ1v) is 5.18. The van der Waals surface area contributed by atoms with E-state index in [4.69, 9.17) is 15.6 Å². The second-order valence-corrected chi connectivity index (χ2v) is 3.97. The molecular formula is C10H22N2O3. The van der Waals surface area contributed by atoms with Crippen molar-refractivity contribution in [1.82, 2.24) is 4.90 Å². The molecule has 3 N–H and O–H groups in total. The normalized spacial score (nSPS) is 15.3. The lowest BCUT2D eigenvalue weighted by atomic mass is 10.00. The Labute approximate surface area is 91.2 Å². The van der Waals surface area contributed by atoms with Crippen molar-refractivity contribution in [3.05, 3.63) is 0 Å². The summed E-state index contributed by atoms with van der Waals surface area (Å²) in [5.41, 5.74) is 4.47. The summed E-state index contributed by atoms with van der Waals surface area (Å²) in [4.78, 5) is 12.7. The van der Waals surface area contributed by atoms with Crippen LogP contribution >= 0.6 is 0 Å². The van der Waals surface area contributed by atoms with E-state index in [2.05, 4.69) is 0 Å². The van der Waals surface area contributed by atoms with Crippen LogP contribution in [0.15, 0.2) is 0 Å². The van der Waals surface area contributed by atoms with Crippen molar-refractivity contribution in [1.29, 1.82) is 0 Å². The second-order valence-electron chi connectivity index (χ2n) is 3.97. The van der Waals surface area contributed by atoms with E-state index in [0.717, 1.165) is 6.54 Å². The zero-order valence-electron chi connectivity index (χ0n) is 9.82. The summed E-state index contributed by atoms with van der Waals surface area (Å²) in [6.07, 6.45) is 0.435. The van der Waals surface area contributed by atoms with Gasteiger partial charge < -0.3 is 20.5 Å². The summed E-state index contributed by atoms with van der Waals surface area (Å²) >= 11 is 0. The number of likely N-dealkylation sites (N-methyl/N-ethyl adjacent to an activating group) is 1. The van der Waals surface area contributed by atoms with Crippen LogP contribution in [0.25, 0.3) is 0 Å². The first kappa shape index (κ1) is 14.3. The molecule has 0 saturated carbocycles. The molecule has 0 aromatic carbocycles. The first-order valence-electron chi connectivity index (χ1n) is 5.18. The van der Waals surface area contributed by atoms with Gasteiger partial charge in [0.05, 0.1) is 6.61 Å². The number of aliphatic carboxylic acids is 1. The highest BCUT2D eigenvalue weighted by Crippen LogP contribution is 2.06. The lowest BCUT2D eigenvalue weighted by Crippen LogP contribution is -2.47. The van der Waals surface area contributed by atoms with Crippen LogP contribution in [0.4, 0.5) is 0 Å². The molecule has 0 rings (SSSR count). The largest absolute Gasteiger partial charge is 0.480 e. The highest BCUT2D eigenvalue weighted by atomic mass is 16.5. The molecule has 0 radical (unpaired) electrons. The summed E-state index contributed by atoms with van der Waals surface area (Å²) < 4.78 is 5.19. The lowest BCUT2D eigenvalue weighted by molar-refractivity contribution is -0.143. The van der Waals surface area contributed by atoms with Crippen LogP contribution in [0.2, 0.25) is 0 Å². The van der Waals surface area contributed by atoms with Gasteiger partial charge in [-0.2, -0.15) is 0 Å². The minimum absolute atomic E-state index is 0.435. The third-order valence-corrected chi connectivity index (χ3v) is 2.32. The Kier molecular flexibility index (Phi) is 6.47. The van der Waals surface area contributed by atoms with E-state index in [1.165, 1.54) is 6.92 Å². The molecule has 1 unspecified atom stereocenters. The molecule has 0 heterocycles. The SMILES string of the molecule is CCOCCN(C)CCC(C)(N)C(=O)O. The van der Waals surface area contributed by atoms with Gasteiger partial charge in [0.15, 0.2) is 0 Å². The zero-order valence-corrected chi connectivity index (χ0v) is 9.82. The summed E-state index contributed by atoms with van der Waals surface area (Å²) in [5.74, 6) is -0.958. The second kappa shape index (κ2) is 6.76. The Morgan fingerprint density at radius 3 is 2.60 bits per heavy atom. The number of carbonyl (C=O) groups is 1. The molecule has 5 nitrogen and oxygen atoms in total. The van der Waals surface area contributed by atoms with Gasteiger partial charge in [-0.15, -0.1) is 0 Å². The summed E-state index contributed by atoms with van der Waals surface area (Å²) in [5, 5.41) is 8.80. The maximum Gasteiger partial charge on any atom is 0.323 e. The van der Waals surface area contributed by atoms with Crippen molar-refractivity contribution >= 4 is 5.97 Å². The number of ether oxygens (including phenoxy) is 1. The number of carboxylic acid groups (broad SMARTS) is 1. The van der Waals surface area contributed by atoms with Crippen molar-refractivity contribution in [2.24, 2.45) is 5.73 Å². The topological polar surface area (TPSA) is 75.8 Å². The summed E-state index contributed by atoms with van der Waals surface area (Å²) in [6.45, 7) is 6.31. The van der Waals surface area contributed by atoms with E-state index in [1.807, 2.05) is 18.9 Å². The maximum atomic E-state index is 10.7. The van der Waals surface area contributed by atoms with Crippen LogP contribution in [0.1, 0.15) is 20.3 Å². The van der Waals surface area contributed by atoms with Crippen LogP contribution in [0.5, 0.6) is 0 Å². The van der Waals surface area contributed by atoms with Gasteiger partial charge in [-0.1, -0.05) is 0 Å². The van der Waals surface area contributed by atoms with Gasteiger partial charge >= 0.3 is 5.97 Å². The molecule has 0 bridgehead atoms. The molecule has 0 aromatic heterocycles. The van der Waals surface area contributed by atoms with Crippen molar-refractivity contribution in [3.8, 4) is 0 Å². The fourth-order valence-electron chi connectivity index (χ4n) is 1.01. The Morgan fingerprint density at radius 1 is 1.53 bits per heavy atom. The average molecular weight is 218 g/mol. The van der Waals surface area contributed by atoms with Gasteiger partial charge in [0, 0.05) is 19.7 Å². The van der Waals surface area contributed by atoms with Crippen LogP contribution in [0, 0.1) is 0 Å². The number of carboxylic acids is 1. The zero-order chi connectivity index (χ0) is 11.9. The molecule has 0 aromatic rings. The molecule has 5 heteroatoms. The van der Waals surface area contributed by atoms with Crippen LogP contribution < -0.4 is 5.73 Å². The van der Waals surface area contributed by atoms with Gasteiger partial charge in [0.2, 0.25) is 0 Å². The highest BCUT2D eigenvalue weighted by molar-refractivity contribution is 5.77. The summed E-state index contributed by atoms with van der Waals surface area (Å²) in [7, 11) is 1.93. The van der Waals surface area contributed by atoms with Crippen molar-refractivity contribution in [2.75, 3.05) is 33.4 Å². The standard InChI is InChI=1S/C10H22N2O3/c1-4-15-8-7-12(3)6-5-10(2,11)9(13)14/h4-8,11H2,1-3H3,(H,13,14). The Morgan fingerprint density at radius 2 is 2.13 bits per heavy atom. The number of nitrogens with two attached hydrogens (primary N) is 1. The number of hydrogen-bond acceptors (Lipinski definition) is 4. The Bertz CT molecular complexity index is 195. The highest BCUT2D eigenvalue weighted by Gasteiger charge is 2.27. The van der Waals surface area contributed by atoms with Gasteiger partial charge in [0.25, 0.3) is 0 Å². The van der Waals surface area contributed by atoms with Gasteiger partial charge in [-0.3, -0.25) is 4.79 Å². The molecule has 90 valence electrons. The number of nitrogens with zero attached hydrogens (tertiary/aromatic N) is 1. The number of rotatable bonds is 8. The van der Waals surface area contributed by atoms with Crippen molar-refractivity contribution < 1.29 is 14.6 Å². The van der Waals surface area contributed by atoms with Crippen LogP contribution in [0.3, 0.4) is 0 Å². The van der Waals surface area contributed by atoms with E-state index in [0.29, 0.717) is 26.2 Å². The summed E-state index contributed by atoms with van der Waals surface area (Å²) in [6, 6.07) is 0. The predicted molar refractivity (Wildman–Crippen MR) is 58.8 cm³/mol. The minimum atomic E-state index is -1.14. The number of hydrogen-bond donors (Lipinski definition) is 2. The monoisotopic (exact) mass is 218 g/mol. The molecule has 1 atom stereocenters. The molecule has 0 spiro atoms.